The van der Waals surface area contributed by atoms with E-state index in [-0.39, 0.29) is 29.4 Å². The van der Waals surface area contributed by atoms with Crippen LogP contribution < -0.4 is 14.9 Å². The van der Waals surface area contributed by atoms with Crippen LogP contribution in [0.5, 0.6) is 0 Å². The number of nitrogens with zero attached hydrogens (tertiary/aromatic N) is 2. The predicted octanol–water partition coefficient (Wildman–Crippen LogP) is 3.50. The number of amides is 2. The van der Waals surface area contributed by atoms with Crippen molar-refractivity contribution in [2.75, 3.05) is 24.5 Å². The van der Waals surface area contributed by atoms with Crippen LogP contribution in [0, 0.1) is 0 Å². The van der Waals surface area contributed by atoms with Crippen LogP contribution >= 0.6 is 11.6 Å². The van der Waals surface area contributed by atoms with Crippen molar-refractivity contribution in [2.24, 2.45) is 0 Å². The Morgan fingerprint density at radius 1 is 1.11 bits per heavy atom. The molecule has 4 rings (SSSR count). The average Bonchev–Trinajstić information content (AvgIpc) is 3.66. The molecule has 206 valence electrons. The molecule has 0 bridgehead atoms. The number of nitrogens with one attached hydrogen (secondary N) is 2. The van der Waals surface area contributed by atoms with Crippen molar-refractivity contribution >= 4 is 39.3 Å². The molecule has 1 saturated carbocycles. The highest BCUT2D eigenvalue weighted by Gasteiger charge is 2.47. The van der Waals surface area contributed by atoms with E-state index in [9.17, 15) is 40.0 Å². The number of halogens is 6. The Morgan fingerprint density at radius 3 is 2.34 bits per heavy atom. The fraction of sp³-hybridized carbons (Fsp3) is 0.391. The summed E-state index contributed by atoms with van der Waals surface area (Å²) in [4.78, 5) is 27.6. The molecular formula is C23H22ClF5N4O4S. The number of alkyl halides is 5. The van der Waals surface area contributed by atoms with Crippen LogP contribution in [0.15, 0.2) is 48.5 Å². The standard InChI is InChI=1S/C23H22ClF5N4O4S/c24-18-7-2-1-6-17(18)20(21(35)31-15-11-22(25,26)12-15)33(16-5-3-4-14(10-16)23(27,28)29)19(34)13-30-38(36,37)32-8-9-32/h1-7,10,15,20,30H,8-9,11-13H2,(H,31,35). The van der Waals surface area contributed by atoms with Gasteiger partial charge in [-0.1, -0.05) is 35.9 Å². The van der Waals surface area contributed by atoms with E-state index in [2.05, 4.69) is 10.0 Å². The normalized spacial score (nSPS) is 18.4. The molecule has 1 unspecified atom stereocenters. The summed E-state index contributed by atoms with van der Waals surface area (Å²) in [6.45, 7) is -0.431. The lowest BCUT2D eigenvalue weighted by molar-refractivity contribution is -0.137. The molecule has 1 saturated heterocycles. The third-order valence-electron chi connectivity index (χ3n) is 6.02. The van der Waals surface area contributed by atoms with Crippen LogP contribution in [-0.4, -0.2) is 56.1 Å². The van der Waals surface area contributed by atoms with Gasteiger partial charge in [0.1, 0.15) is 6.04 Å². The Balaban J connectivity index is 1.76. The van der Waals surface area contributed by atoms with Gasteiger partial charge in [0.2, 0.25) is 11.8 Å². The second kappa shape index (κ2) is 10.4. The van der Waals surface area contributed by atoms with Crippen LogP contribution in [0.4, 0.5) is 27.6 Å². The zero-order chi connectivity index (χ0) is 27.9. The quantitative estimate of drug-likeness (QED) is 0.350. The van der Waals surface area contributed by atoms with Crippen molar-refractivity contribution in [3.05, 3.63) is 64.7 Å². The summed E-state index contributed by atoms with van der Waals surface area (Å²) in [5.74, 6) is -5.03. The maximum Gasteiger partial charge on any atom is 0.416 e. The summed E-state index contributed by atoms with van der Waals surface area (Å²) < 4.78 is 94.9. The van der Waals surface area contributed by atoms with Crippen LogP contribution in [0.25, 0.3) is 0 Å². The van der Waals surface area contributed by atoms with Crippen molar-refractivity contribution in [1.29, 1.82) is 0 Å². The third kappa shape index (κ3) is 6.42. The van der Waals surface area contributed by atoms with Gasteiger partial charge in [0.25, 0.3) is 16.1 Å². The second-order valence-electron chi connectivity index (χ2n) is 8.93. The lowest BCUT2D eigenvalue weighted by Gasteiger charge is -2.38. The zero-order valence-electron chi connectivity index (χ0n) is 19.5. The summed E-state index contributed by atoms with van der Waals surface area (Å²) in [5, 5.41) is 2.38. The maximum atomic E-state index is 13.5. The minimum atomic E-state index is -4.80. The fourth-order valence-corrected chi connectivity index (χ4v) is 5.31. The number of hydrogen-bond donors (Lipinski definition) is 2. The topological polar surface area (TPSA) is 98.6 Å². The maximum absolute atomic E-state index is 13.5. The lowest BCUT2D eigenvalue weighted by atomic mass is 9.87. The molecule has 1 aliphatic heterocycles. The molecule has 2 aromatic rings. The number of benzene rings is 2. The zero-order valence-corrected chi connectivity index (χ0v) is 21.1. The van der Waals surface area contributed by atoms with Crippen molar-refractivity contribution in [1.82, 2.24) is 14.3 Å². The van der Waals surface area contributed by atoms with Crippen LogP contribution in [0.2, 0.25) is 5.02 Å². The van der Waals surface area contributed by atoms with Crippen molar-refractivity contribution in [3.8, 4) is 0 Å². The molecule has 2 fully saturated rings. The van der Waals surface area contributed by atoms with Crippen molar-refractivity contribution in [3.63, 3.8) is 0 Å². The number of rotatable bonds is 9. The molecule has 2 amide bonds. The predicted molar refractivity (Wildman–Crippen MR) is 128 cm³/mol. The van der Waals surface area contributed by atoms with Gasteiger partial charge in [-0.05, 0) is 24.3 Å². The first-order valence-electron chi connectivity index (χ1n) is 11.3. The van der Waals surface area contributed by atoms with Crippen molar-refractivity contribution in [2.45, 2.75) is 37.0 Å². The van der Waals surface area contributed by atoms with Gasteiger partial charge in [-0.3, -0.25) is 14.5 Å². The molecule has 8 nitrogen and oxygen atoms in total. The van der Waals surface area contributed by atoms with Gasteiger partial charge in [0, 0.05) is 48.2 Å². The molecule has 1 aliphatic carbocycles. The Labute approximate surface area is 219 Å². The summed E-state index contributed by atoms with van der Waals surface area (Å²) in [7, 11) is -4.03. The highest BCUT2D eigenvalue weighted by Crippen LogP contribution is 2.39. The second-order valence-corrected chi connectivity index (χ2v) is 11.1. The molecule has 1 atom stereocenters. The molecule has 15 heteroatoms. The molecule has 0 spiro atoms. The Hall–Kier alpha value is -2.81. The molecule has 0 aromatic heterocycles. The Kier molecular flexibility index (Phi) is 7.72. The van der Waals surface area contributed by atoms with Gasteiger partial charge >= 0.3 is 6.18 Å². The molecule has 0 radical (unpaired) electrons. The lowest BCUT2D eigenvalue weighted by Crippen LogP contribution is -2.55. The van der Waals surface area contributed by atoms with E-state index in [4.69, 9.17) is 11.6 Å². The SMILES string of the molecule is O=C(NC1CC(F)(F)C1)C(c1ccccc1Cl)N(C(=O)CNS(=O)(=O)N1CC1)c1cccc(C(F)(F)F)c1. The van der Waals surface area contributed by atoms with Crippen LogP contribution in [0.3, 0.4) is 0 Å². The van der Waals surface area contributed by atoms with Gasteiger partial charge in [0.15, 0.2) is 0 Å². The van der Waals surface area contributed by atoms with Gasteiger partial charge in [0.05, 0.1) is 12.1 Å². The van der Waals surface area contributed by atoms with Gasteiger partial charge < -0.3 is 5.32 Å². The van der Waals surface area contributed by atoms with Crippen LogP contribution in [-0.2, 0) is 26.0 Å². The van der Waals surface area contributed by atoms with E-state index in [1.165, 1.54) is 24.3 Å². The van der Waals surface area contributed by atoms with E-state index < -0.39 is 71.2 Å². The van der Waals surface area contributed by atoms with E-state index in [0.717, 1.165) is 22.5 Å². The average molecular weight is 581 g/mol. The summed E-state index contributed by atoms with van der Waals surface area (Å²) in [5.41, 5.74) is -1.51. The van der Waals surface area contributed by atoms with E-state index in [1.54, 1.807) is 0 Å². The molecule has 2 N–H and O–H groups in total. The van der Waals surface area contributed by atoms with Crippen molar-refractivity contribution < 1.29 is 40.0 Å². The van der Waals surface area contributed by atoms with Crippen LogP contribution in [0.1, 0.15) is 30.0 Å². The Bertz CT molecular complexity index is 1330. The minimum absolute atomic E-state index is 0.00249. The summed E-state index contributed by atoms with van der Waals surface area (Å²) in [6, 6.07) is 6.62. The molecule has 38 heavy (non-hydrogen) atoms. The van der Waals surface area contributed by atoms with Gasteiger partial charge in [-0.2, -0.15) is 30.6 Å². The van der Waals surface area contributed by atoms with E-state index >= 15 is 0 Å². The molecule has 2 aromatic carbocycles. The largest absolute Gasteiger partial charge is 0.416 e. The molecular weight excluding hydrogens is 559 g/mol. The van der Waals surface area contributed by atoms with E-state index in [1.807, 2.05) is 0 Å². The smallest absolute Gasteiger partial charge is 0.351 e. The number of anilines is 1. The summed E-state index contributed by atoms with van der Waals surface area (Å²) in [6.07, 6.45) is -6.10. The first-order valence-corrected chi connectivity index (χ1v) is 13.2. The van der Waals surface area contributed by atoms with Gasteiger partial charge in [-0.25, -0.2) is 8.78 Å². The minimum Gasteiger partial charge on any atom is -0.351 e. The van der Waals surface area contributed by atoms with E-state index in [0.29, 0.717) is 11.0 Å². The highest BCUT2D eigenvalue weighted by molar-refractivity contribution is 7.87. The monoisotopic (exact) mass is 580 g/mol. The Morgan fingerprint density at radius 2 is 1.76 bits per heavy atom. The highest BCUT2D eigenvalue weighted by atomic mass is 35.5. The molecule has 1 heterocycles. The number of carbonyl (C=O) groups excluding carboxylic acids is 2. The van der Waals surface area contributed by atoms with Gasteiger partial charge in [-0.15, -0.1) is 0 Å². The third-order valence-corrected chi connectivity index (χ3v) is 7.91. The first kappa shape index (κ1) is 28.2. The summed E-state index contributed by atoms with van der Waals surface area (Å²) >= 11 is 6.30. The molecule has 2 aliphatic rings. The number of hydrogen-bond acceptors (Lipinski definition) is 4. The number of carbonyl (C=O) groups is 2. The fourth-order valence-electron chi connectivity index (χ4n) is 4.02. The first-order chi connectivity index (χ1) is 17.7.